The molecular formula is C21H29Cl2N3O4. The fourth-order valence-corrected chi connectivity index (χ4v) is 3.42. The zero-order valence-electron chi connectivity index (χ0n) is 17.4. The van der Waals surface area contributed by atoms with E-state index < -0.39 is 6.09 Å². The molecule has 30 heavy (non-hydrogen) atoms. The molecule has 166 valence electrons. The molecule has 3 rings (SSSR count). The summed E-state index contributed by atoms with van der Waals surface area (Å²) in [6.45, 7) is 4.49. The van der Waals surface area contributed by atoms with Crippen LogP contribution >= 0.6 is 24.0 Å². The van der Waals surface area contributed by atoms with Gasteiger partial charge in [-0.2, -0.15) is 0 Å². The highest BCUT2D eigenvalue weighted by Crippen LogP contribution is 2.29. The quantitative estimate of drug-likeness (QED) is 0.687. The highest BCUT2D eigenvalue weighted by Gasteiger charge is 2.20. The minimum atomic E-state index is -0.420. The van der Waals surface area contributed by atoms with Crippen molar-refractivity contribution in [2.45, 2.75) is 6.54 Å². The molecule has 1 amide bonds. The average molecular weight is 458 g/mol. The van der Waals surface area contributed by atoms with Crippen LogP contribution in [0.4, 0.5) is 10.5 Å². The molecule has 9 heteroatoms. The number of amides is 1. The van der Waals surface area contributed by atoms with E-state index in [9.17, 15) is 4.79 Å². The Balaban J connectivity index is 0.00000225. The van der Waals surface area contributed by atoms with Gasteiger partial charge in [0.1, 0.15) is 11.5 Å². The number of methoxy groups -OCH3 is 1. The lowest BCUT2D eigenvalue weighted by atomic mass is 10.1. The third kappa shape index (κ3) is 6.40. The summed E-state index contributed by atoms with van der Waals surface area (Å²) in [5.41, 5.74) is 2.16. The third-order valence-corrected chi connectivity index (χ3v) is 5.14. The van der Waals surface area contributed by atoms with Crippen LogP contribution < -0.4 is 14.4 Å². The largest absolute Gasteiger partial charge is 0.495 e. The molecule has 0 radical (unpaired) electrons. The van der Waals surface area contributed by atoms with Gasteiger partial charge in [-0.15, -0.1) is 12.4 Å². The first-order valence-electron chi connectivity index (χ1n) is 9.26. The molecule has 1 heterocycles. The van der Waals surface area contributed by atoms with Crippen LogP contribution in [0, 0.1) is 0 Å². The monoisotopic (exact) mass is 457 g/mol. The fourth-order valence-electron chi connectivity index (χ4n) is 3.19. The number of halogens is 2. The molecule has 0 spiro atoms. The molecule has 0 atom stereocenters. The van der Waals surface area contributed by atoms with Gasteiger partial charge in [-0.3, -0.25) is 4.90 Å². The topological polar surface area (TPSA) is 76.8 Å². The van der Waals surface area contributed by atoms with Crippen molar-refractivity contribution in [3.63, 3.8) is 0 Å². The van der Waals surface area contributed by atoms with E-state index in [0.29, 0.717) is 10.8 Å². The first-order chi connectivity index (χ1) is 13.5. The van der Waals surface area contributed by atoms with Crippen LogP contribution in [0.3, 0.4) is 0 Å². The summed E-state index contributed by atoms with van der Waals surface area (Å²) in [7, 11) is 4.99. The van der Waals surface area contributed by atoms with Crippen LogP contribution in [0.25, 0.3) is 0 Å². The fraction of sp³-hybridized carbons (Fsp3) is 0.381. The second kappa shape index (κ2) is 11.9. The van der Waals surface area contributed by atoms with Crippen LogP contribution in [-0.4, -0.2) is 68.8 Å². The molecule has 1 fully saturated rings. The number of hydrogen-bond acceptors (Lipinski definition) is 5. The summed E-state index contributed by atoms with van der Waals surface area (Å²) in [4.78, 5) is 17.8. The van der Waals surface area contributed by atoms with Crippen molar-refractivity contribution in [3.8, 4) is 11.5 Å². The molecule has 2 aromatic carbocycles. The van der Waals surface area contributed by atoms with Crippen LogP contribution in [-0.2, 0) is 6.54 Å². The molecule has 1 aliphatic heterocycles. The Morgan fingerprint density at radius 2 is 1.77 bits per heavy atom. The van der Waals surface area contributed by atoms with Gasteiger partial charge >= 0.3 is 6.09 Å². The molecular weight excluding hydrogens is 429 g/mol. The Kier molecular flexibility index (Phi) is 10.2. The maximum atomic E-state index is 11.7. The normalized spacial score (nSPS) is 13.7. The predicted molar refractivity (Wildman–Crippen MR) is 123 cm³/mol. The van der Waals surface area contributed by atoms with Crippen molar-refractivity contribution in [2.75, 3.05) is 52.3 Å². The molecule has 2 aromatic rings. The van der Waals surface area contributed by atoms with E-state index in [-0.39, 0.29) is 17.9 Å². The van der Waals surface area contributed by atoms with Gasteiger partial charge in [0.05, 0.1) is 12.8 Å². The molecule has 0 aliphatic carbocycles. The second-order valence-corrected chi connectivity index (χ2v) is 7.36. The number of carbonyl (C=O) groups excluding carboxylic acids is 1. The van der Waals surface area contributed by atoms with E-state index in [1.807, 2.05) is 24.3 Å². The number of ether oxygens (including phenoxy) is 2. The van der Waals surface area contributed by atoms with Gasteiger partial charge in [0.25, 0.3) is 0 Å². The van der Waals surface area contributed by atoms with Crippen LogP contribution in [0.15, 0.2) is 42.5 Å². The number of piperazine rings is 1. The molecule has 0 bridgehead atoms. The van der Waals surface area contributed by atoms with Gasteiger partial charge in [0, 0.05) is 51.8 Å². The standard InChI is InChI=1S/C21H26ClN3O3.ClH.H2O/c1-23(2)21(26)28-17-9-8-16(18(22)14-17)15-24-10-12-25(13-11-24)19-6-4-5-7-20(19)27-3;;/h4-9,14H,10-13,15H2,1-3H3;1H;1H2. The van der Waals surface area contributed by atoms with Gasteiger partial charge in [0.15, 0.2) is 0 Å². The minimum absolute atomic E-state index is 0. The number of carbonyl (C=O) groups is 1. The van der Waals surface area contributed by atoms with Crippen molar-refractivity contribution in [1.82, 2.24) is 9.80 Å². The number of para-hydroxylation sites is 2. The lowest BCUT2D eigenvalue weighted by Gasteiger charge is -2.36. The van der Waals surface area contributed by atoms with Crippen LogP contribution in [0.2, 0.25) is 5.02 Å². The first kappa shape index (κ1) is 25.8. The predicted octanol–water partition coefficient (Wildman–Crippen LogP) is 3.33. The number of anilines is 1. The lowest BCUT2D eigenvalue weighted by molar-refractivity contribution is 0.172. The number of rotatable bonds is 5. The summed E-state index contributed by atoms with van der Waals surface area (Å²) in [5, 5.41) is 0.608. The SMILES string of the molecule is COc1ccccc1N1CCN(Cc2ccc(OC(=O)N(C)C)cc2Cl)CC1.Cl.O. The minimum Gasteiger partial charge on any atom is -0.495 e. The van der Waals surface area contributed by atoms with E-state index in [4.69, 9.17) is 21.1 Å². The molecule has 0 saturated carbocycles. The maximum absolute atomic E-state index is 11.7. The molecule has 1 saturated heterocycles. The van der Waals surface area contributed by atoms with E-state index in [1.165, 1.54) is 4.90 Å². The van der Waals surface area contributed by atoms with Crippen LogP contribution in [0.5, 0.6) is 11.5 Å². The van der Waals surface area contributed by atoms with Gasteiger partial charge in [-0.05, 0) is 29.8 Å². The Bertz CT molecular complexity index is 828. The van der Waals surface area contributed by atoms with E-state index in [1.54, 1.807) is 33.3 Å². The average Bonchev–Trinajstić information content (AvgIpc) is 2.70. The van der Waals surface area contributed by atoms with Crippen molar-refractivity contribution in [2.24, 2.45) is 0 Å². The Morgan fingerprint density at radius 1 is 1.10 bits per heavy atom. The number of hydrogen-bond donors (Lipinski definition) is 0. The van der Waals surface area contributed by atoms with Crippen molar-refractivity contribution < 1.29 is 19.7 Å². The molecule has 0 aromatic heterocycles. The third-order valence-electron chi connectivity index (χ3n) is 4.79. The lowest BCUT2D eigenvalue weighted by Crippen LogP contribution is -2.46. The number of benzene rings is 2. The Morgan fingerprint density at radius 3 is 2.37 bits per heavy atom. The van der Waals surface area contributed by atoms with Crippen molar-refractivity contribution in [3.05, 3.63) is 53.1 Å². The van der Waals surface area contributed by atoms with Crippen molar-refractivity contribution in [1.29, 1.82) is 0 Å². The van der Waals surface area contributed by atoms with E-state index in [2.05, 4.69) is 15.9 Å². The summed E-state index contributed by atoms with van der Waals surface area (Å²) < 4.78 is 10.7. The van der Waals surface area contributed by atoms with Gasteiger partial charge in [0.2, 0.25) is 0 Å². The Hall–Kier alpha value is -2.19. The maximum Gasteiger partial charge on any atom is 0.414 e. The summed E-state index contributed by atoms with van der Waals surface area (Å²) in [5.74, 6) is 1.36. The second-order valence-electron chi connectivity index (χ2n) is 6.95. The summed E-state index contributed by atoms with van der Waals surface area (Å²) in [6, 6.07) is 13.5. The Labute approximate surface area is 188 Å². The van der Waals surface area contributed by atoms with Crippen LogP contribution in [0.1, 0.15) is 5.56 Å². The van der Waals surface area contributed by atoms with Gasteiger partial charge in [-0.1, -0.05) is 29.8 Å². The number of nitrogens with zero attached hydrogens (tertiary/aromatic N) is 3. The van der Waals surface area contributed by atoms with E-state index in [0.717, 1.165) is 49.7 Å². The molecule has 1 aliphatic rings. The van der Waals surface area contributed by atoms with Gasteiger partial charge in [-0.25, -0.2) is 4.79 Å². The summed E-state index contributed by atoms with van der Waals surface area (Å²) in [6.07, 6.45) is -0.420. The smallest absolute Gasteiger partial charge is 0.414 e. The first-order valence-corrected chi connectivity index (χ1v) is 9.63. The highest BCUT2D eigenvalue weighted by molar-refractivity contribution is 6.31. The van der Waals surface area contributed by atoms with Gasteiger partial charge < -0.3 is 24.7 Å². The molecule has 0 unspecified atom stereocenters. The zero-order chi connectivity index (χ0) is 20.1. The van der Waals surface area contributed by atoms with Crippen molar-refractivity contribution >= 4 is 35.8 Å². The zero-order valence-corrected chi connectivity index (χ0v) is 19.0. The highest BCUT2D eigenvalue weighted by atomic mass is 35.5. The molecule has 7 nitrogen and oxygen atoms in total. The molecule has 2 N–H and O–H groups in total. The summed E-state index contributed by atoms with van der Waals surface area (Å²) >= 11 is 6.42. The van der Waals surface area contributed by atoms with E-state index >= 15 is 0 Å².